The number of fused-ring (bicyclic) bond motifs is 2. The van der Waals surface area contributed by atoms with Crippen LogP contribution in [0.1, 0.15) is 70.4 Å². The molecule has 2 aliphatic heterocycles. The van der Waals surface area contributed by atoms with E-state index in [0.717, 1.165) is 0 Å². The number of benzene rings is 2. The Bertz CT molecular complexity index is 1450. The van der Waals surface area contributed by atoms with E-state index in [1.54, 1.807) is 37.3 Å². The second-order valence-electron chi connectivity index (χ2n) is 13.1. The Labute approximate surface area is 248 Å². The molecule has 1 amide bonds. The number of nitrogens with one attached hydrogen (secondary N) is 2. The molecule has 2 heterocycles. The molecule has 2 aromatic rings. The number of hydrogen-bond acceptors (Lipinski definition) is 5. The Kier molecular flexibility index (Phi) is 7.77. The highest BCUT2D eigenvalue weighted by molar-refractivity contribution is 7.46. The maximum Gasteiger partial charge on any atom is 0.470 e. The molecule has 1 saturated heterocycles. The summed E-state index contributed by atoms with van der Waals surface area (Å²) in [7, 11) is -4.69. The zero-order chi connectivity index (χ0) is 30.1. The number of carbonyl (C=O) groups excluding carboxylic acids is 2. The van der Waals surface area contributed by atoms with Gasteiger partial charge in [-0.25, -0.2) is 8.96 Å². The van der Waals surface area contributed by atoms with Crippen LogP contribution in [-0.2, 0) is 24.1 Å². The molecular weight excluding hydrogens is 593 g/mol. The zero-order valence-electron chi connectivity index (χ0n) is 23.2. The molecule has 2 aromatic carbocycles. The van der Waals surface area contributed by atoms with Gasteiger partial charge in [0.1, 0.15) is 11.2 Å². The van der Waals surface area contributed by atoms with Crippen molar-refractivity contribution in [3.8, 4) is 0 Å². The SMILES string of the molecule is CC(C)(C)C[C@H]1N[C@@H](C(=O)CC2CC(C)(OP(=O)(O)O)C2)[C@H](c2cccc(Cl)c2F)[C@@]12C(=O)Nc1cc(Cl)ccc12. The number of halogens is 3. The van der Waals surface area contributed by atoms with Crippen molar-refractivity contribution in [2.24, 2.45) is 11.3 Å². The van der Waals surface area contributed by atoms with Crippen LogP contribution in [0.25, 0.3) is 0 Å². The van der Waals surface area contributed by atoms with Crippen molar-refractivity contribution in [3.05, 3.63) is 63.4 Å². The minimum atomic E-state index is -4.69. The van der Waals surface area contributed by atoms with Gasteiger partial charge in [-0.3, -0.25) is 14.1 Å². The van der Waals surface area contributed by atoms with Crippen molar-refractivity contribution in [1.29, 1.82) is 0 Å². The predicted octanol–water partition coefficient (Wildman–Crippen LogP) is 6.12. The van der Waals surface area contributed by atoms with Crippen LogP contribution < -0.4 is 10.6 Å². The average Bonchev–Trinajstić information content (AvgIpc) is 3.27. The van der Waals surface area contributed by atoms with Gasteiger partial charge in [0.2, 0.25) is 5.91 Å². The van der Waals surface area contributed by atoms with Crippen LogP contribution in [-0.4, -0.2) is 39.2 Å². The van der Waals surface area contributed by atoms with E-state index in [2.05, 4.69) is 10.6 Å². The number of carbonyl (C=O) groups is 2. The number of hydrogen-bond donors (Lipinski definition) is 4. The zero-order valence-corrected chi connectivity index (χ0v) is 25.6. The molecule has 4 N–H and O–H groups in total. The Morgan fingerprint density at radius 1 is 1.20 bits per heavy atom. The van der Waals surface area contributed by atoms with Crippen LogP contribution in [0.3, 0.4) is 0 Å². The first-order chi connectivity index (χ1) is 18.9. The third kappa shape index (κ3) is 5.63. The van der Waals surface area contributed by atoms with Gasteiger partial charge < -0.3 is 20.4 Å². The van der Waals surface area contributed by atoms with Crippen molar-refractivity contribution in [1.82, 2.24) is 5.32 Å². The summed E-state index contributed by atoms with van der Waals surface area (Å²) in [6, 6.07) is 8.26. The van der Waals surface area contributed by atoms with E-state index in [0.29, 0.717) is 22.7 Å². The topological polar surface area (TPSA) is 125 Å². The van der Waals surface area contributed by atoms with Crippen molar-refractivity contribution in [2.45, 2.75) is 82.4 Å². The molecule has 41 heavy (non-hydrogen) atoms. The molecule has 4 atom stereocenters. The second kappa shape index (κ2) is 10.4. The molecule has 0 radical (unpaired) electrons. The first kappa shape index (κ1) is 30.6. The highest BCUT2D eigenvalue weighted by atomic mass is 35.5. The fourth-order valence-corrected chi connectivity index (χ4v) is 8.36. The molecule has 2 fully saturated rings. The molecular formula is C29H34Cl2FN2O6P. The summed E-state index contributed by atoms with van der Waals surface area (Å²) in [6.07, 6.45) is 1.14. The van der Waals surface area contributed by atoms with E-state index in [4.69, 9.17) is 27.7 Å². The third-order valence-corrected chi connectivity index (χ3v) is 9.76. The lowest BCUT2D eigenvalue weighted by molar-refractivity contribution is -0.125. The highest BCUT2D eigenvalue weighted by Crippen LogP contribution is 2.58. The molecule has 0 aromatic heterocycles. The van der Waals surface area contributed by atoms with E-state index in [1.807, 2.05) is 20.8 Å². The lowest BCUT2D eigenvalue weighted by Crippen LogP contribution is -2.49. The van der Waals surface area contributed by atoms with Crippen molar-refractivity contribution < 1.29 is 32.9 Å². The lowest BCUT2D eigenvalue weighted by atomic mass is 9.61. The lowest BCUT2D eigenvalue weighted by Gasteiger charge is -2.44. The molecule has 8 nitrogen and oxygen atoms in total. The minimum Gasteiger partial charge on any atom is -0.325 e. The minimum absolute atomic E-state index is 0.0733. The molecule has 1 aliphatic carbocycles. The normalized spacial score (nSPS) is 31.2. The first-order valence-corrected chi connectivity index (χ1v) is 15.8. The highest BCUT2D eigenvalue weighted by Gasteiger charge is 2.66. The van der Waals surface area contributed by atoms with E-state index in [9.17, 15) is 23.9 Å². The Hall–Kier alpha value is -1.84. The van der Waals surface area contributed by atoms with Gasteiger partial charge in [0, 0.05) is 29.1 Å². The molecule has 0 bridgehead atoms. The van der Waals surface area contributed by atoms with E-state index < -0.39 is 42.7 Å². The fourth-order valence-electron chi connectivity index (χ4n) is 7.28. The van der Waals surface area contributed by atoms with Gasteiger partial charge >= 0.3 is 7.82 Å². The standard InChI is InChI=1S/C29H34Cl2FN2O6P/c1-27(2,3)14-22-29(18-9-8-16(30)11-20(18)33-26(29)36)23(17-6-5-7-19(31)24(17)32)25(34-22)21(35)10-15-12-28(4,13-15)40-41(37,38)39/h5-9,11,15,22-23,25,34H,10,12-14H2,1-4H3,(H,33,36)(H2,37,38,39)/t15?,22-,23+,25+,28?,29+/m1/s1. The van der Waals surface area contributed by atoms with Gasteiger partial charge in [-0.2, -0.15) is 0 Å². The quantitative estimate of drug-likeness (QED) is 0.273. The average molecular weight is 627 g/mol. The number of Topliss-reactive ketones (excluding diaryl/α,β-unsaturated/α-hetero) is 1. The van der Waals surface area contributed by atoms with Crippen LogP contribution in [0.15, 0.2) is 36.4 Å². The van der Waals surface area contributed by atoms with E-state index >= 15 is 4.39 Å². The van der Waals surface area contributed by atoms with Gasteiger partial charge in [0.15, 0.2) is 5.78 Å². The van der Waals surface area contributed by atoms with Gasteiger partial charge in [-0.15, -0.1) is 0 Å². The first-order valence-electron chi connectivity index (χ1n) is 13.5. The third-order valence-electron chi connectivity index (χ3n) is 8.56. The summed E-state index contributed by atoms with van der Waals surface area (Å²) in [5, 5.41) is 6.74. The number of amides is 1. The summed E-state index contributed by atoms with van der Waals surface area (Å²) in [4.78, 5) is 46.8. The number of anilines is 1. The predicted molar refractivity (Wildman–Crippen MR) is 155 cm³/mol. The van der Waals surface area contributed by atoms with Crippen LogP contribution >= 0.6 is 31.0 Å². The Morgan fingerprint density at radius 2 is 1.88 bits per heavy atom. The maximum atomic E-state index is 15.8. The molecule has 3 aliphatic rings. The summed E-state index contributed by atoms with van der Waals surface area (Å²) in [5.74, 6) is -2.37. The Morgan fingerprint density at radius 3 is 2.51 bits per heavy atom. The van der Waals surface area contributed by atoms with Gasteiger partial charge in [0.05, 0.1) is 16.7 Å². The molecule has 5 rings (SSSR count). The van der Waals surface area contributed by atoms with Crippen molar-refractivity contribution in [3.63, 3.8) is 0 Å². The smallest absolute Gasteiger partial charge is 0.325 e. The number of phosphoric ester groups is 1. The summed E-state index contributed by atoms with van der Waals surface area (Å²) < 4.78 is 32.2. The van der Waals surface area contributed by atoms with E-state index in [1.165, 1.54) is 6.07 Å². The number of phosphoric acid groups is 1. The molecule has 0 unspecified atom stereocenters. The summed E-state index contributed by atoms with van der Waals surface area (Å²) in [6.45, 7) is 7.72. The van der Waals surface area contributed by atoms with Gasteiger partial charge in [-0.05, 0) is 66.8 Å². The number of ketones is 1. The maximum absolute atomic E-state index is 15.8. The van der Waals surface area contributed by atoms with Crippen LogP contribution in [0.2, 0.25) is 10.0 Å². The Balaban J connectivity index is 1.59. The molecule has 1 spiro atoms. The fraction of sp³-hybridized carbons (Fsp3) is 0.517. The molecule has 222 valence electrons. The largest absolute Gasteiger partial charge is 0.470 e. The summed E-state index contributed by atoms with van der Waals surface area (Å²) >= 11 is 12.5. The molecule has 12 heteroatoms. The van der Waals surface area contributed by atoms with Gasteiger partial charge in [0.25, 0.3) is 0 Å². The summed E-state index contributed by atoms with van der Waals surface area (Å²) in [5.41, 5.74) is -1.30. The van der Waals surface area contributed by atoms with Crippen molar-refractivity contribution in [2.75, 3.05) is 5.32 Å². The second-order valence-corrected chi connectivity index (χ2v) is 15.1. The van der Waals surface area contributed by atoms with E-state index in [-0.39, 0.29) is 52.9 Å². The van der Waals surface area contributed by atoms with Crippen LogP contribution in [0.4, 0.5) is 10.1 Å². The molecule has 1 saturated carbocycles. The van der Waals surface area contributed by atoms with Crippen LogP contribution in [0, 0.1) is 17.2 Å². The monoisotopic (exact) mass is 626 g/mol. The van der Waals surface area contributed by atoms with Gasteiger partial charge in [-0.1, -0.05) is 62.2 Å². The number of rotatable bonds is 7. The van der Waals surface area contributed by atoms with Crippen molar-refractivity contribution >= 4 is 48.4 Å². The van der Waals surface area contributed by atoms with Crippen LogP contribution in [0.5, 0.6) is 0 Å².